The van der Waals surface area contributed by atoms with Crippen LogP contribution in [0.5, 0.6) is 11.5 Å². The molecule has 1 aromatic carbocycles. The molecule has 0 amide bonds. The quantitative estimate of drug-likeness (QED) is 0.713. The molecule has 26 heavy (non-hydrogen) atoms. The van der Waals surface area contributed by atoms with Gasteiger partial charge in [-0.05, 0) is 24.3 Å². The Balaban J connectivity index is 2.04. The maximum Gasteiger partial charge on any atom is 0.573 e. The van der Waals surface area contributed by atoms with Gasteiger partial charge in [-0.3, -0.25) is 14.0 Å². The van der Waals surface area contributed by atoms with Crippen molar-refractivity contribution in [3.63, 3.8) is 0 Å². The van der Waals surface area contributed by atoms with Crippen LogP contribution in [-0.4, -0.2) is 27.8 Å². The van der Waals surface area contributed by atoms with Crippen molar-refractivity contribution in [1.29, 1.82) is 0 Å². The predicted octanol–water partition coefficient (Wildman–Crippen LogP) is 3.15. The number of aromatic nitrogens is 3. The molecule has 0 N–H and O–H groups in total. The van der Waals surface area contributed by atoms with Crippen molar-refractivity contribution in [2.75, 3.05) is 7.11 Å². The molecule has 0 aliphatic heterocycles. The van der Waals surface area contributed by atoms with Crippen molar-refractivity contribution in [3.8, 4) is 28.3 Å². The molecular formula is C17H14F3N3O3. The second kappa shape index (κ2) is 6.58. The Morgan fingerprint density at radius 2 is 1.81 bits per heavy atom. The van der Waals surface area contributed by atoms with E-state index in [2.05, 4.69) is 9.84 Å². The number of alkyl halides is 3. The summed E-state index contributed by atoms with van der Waals surface area (Å²) in [7, 11) is 3.20. The molecule has 0 unspecified atom stereocenters. The highest BCUT2D eigenvalue weighted by atomic mass is 19.4. The zero-order valence-corrected chi connectivity index (χ0v) is 13.8. The maximum absolute atomic E-state index is 12.4. The molecule has 0 fully saturated rings. The van der Waals surface area contributed by atoms with Gasteiger partial charge in [-0.1, -0.05) is 0 Å². The first-order chi connectivity index (χ1) is 12.3. The smallest absolute Gasteiger partial charge is 0.496 e. The molecule has 6 nitrogen and oxygen atoms in total. The van der Waals surface area contributed by atoms with Crippen LogP contribution >= 0.6 is 0 Å². The van der Waals surface area contributed by atoms with E-state index in [0.29, 0.717) is 17.0 Å². The van der Waals surface area contributed by atoms with Gasteiger partial charge >= 0.3 is 6.36 Å². The minimum absolute atomic E-state index is 0.365. The number of halogens is 3. The molecule has 0 saturated heterocycles. The summed E-state index contributed by atoms with van der Waals surface area (Å²) in [5.74, 6) is 0.00608. The van der Waals surface area contributed by atoms with Crippen molar-refractivity contribution < 1.29 is 22.6 Å². The lowest BCUT2D eigenvalue weighted by Gasteiger charge is -2.13. The molecule has 0 atom stereocenters. The zero-order valence-electron chi connectivity index (χ0n) is 13.8. The van der Waals surface area contributed by atoms with Crippen LogP contribution in [-0.2, 0) is 7.05 Å². The van der Waals surface area contributed by atoms with Crippen molar-refractivity contribution in [2.45, 2.75) is 6.36 Å². The molecular weight excluding hydrogens is 351 g/mol. The van der Waals surface area contributed by atoms with Gasteiger partial charge in [0.25, 0.3) is 5.56 Å². The van der Waals surface area contributed by atoms with E-state index in [4.69, 9.17) is 4.74 Å². The first-order valence-electron chi connectivity index (χ1n) is 7.43. The van der Waals surface area contributed by atoms with Gasteiger partial charge < -0.3 is 9.47 Å². The van der Waals surface area contributed by atoms with Crippen LogP contribution in [0.15, 0.2) is 53.7 Å². The summed E-state index contributed by atoms with van der Waals surface area (Å²) >= 11 is 0. The number of nitrogens with zero attached hydrogens (tertiary/aromatic N) is 3. The molecule has 2 aromatic heterocycles. The van der Waals surface area contributed by atoms with Crippen LogP contribution in [0.2, 0.25) is 0 Å². The number of rotatable bonds is 4. The van der Waals surface area contributed by atoms with Crippen molar-refractivity contribution >= 4 is 0 Å². The molecule has 0 aliphatic carbocycles. The highest BCUT2D eigenvalue weighted by molar-refractivity contribution is 5.68. The fraction of sp³-hybridized carbons (Fsp3) is 0.176. The Bertz CT molecular complexity index is 975. The highest BCUT2D eigenvalue weighted by Crippen LogP contribution is 2.29. The summed E-state index contributed by atoms with van der Waals surface area (Å²) in [5.41, 5.74) is 1.35. The summed E-state index contributed by atoms with van der Waals surface area (Å²) in [4.78, 5) is 12.4. The van der Waals surface area contributed by atoms with Gasteiger partial charge in [0.1, 0.15) is 11.5 Å². The van der Waals surface area contributed by atoms with Crippen molar-refractivity contribution in [1.82, 2.24) is 14.3 Å². The van der Waals surface area contributed by atoms with E-state index in [-0.39, 0.29) is 11.3 Å². The fourth-order valence-electron chi connectivity index (χ4n) is 2.47. The number of ether oxygens (including phenoxy) is 2. The Hall–Kier alpha value is -3.23. The third kappa shape index (κ3) is 3.71. The monoisotopic (exact) mass is 365 g/mol. The maximum atomic E-state index is 12.4. The van der Waals surface area contributed by atoms with Gasteiger partial charge in [-0.2, -0.15) is 5.10 Å². The van der Waals surface area contributed by atoms with Crippen molar-refractivity contribution in [3.05, 3.63) is 59.3 Å². The van der Waals surface area contributed by atoms with Crippen molar-refractivity contribution in [2.24, 2.45) is 7.05 Å². The molecule has 0 spiro atoms. The van der Waals surface area contributed by atoms with E-state index in [9.17, 15) is 18.0 Å². The van der Waals surface area contributed by atoms with E-state index in [1.165, 1.54) is 29.9 Å². The summed E-state index contributed by atoms with van der Waals surface area (Å²) in [5, 5.41) is 4.09. The van der Waals surface area contributed by atoms with Crippen LogP contribution in [0.1, 0.15) is 0 Å². The van der Waals surface area contributed by atoms with Gasteiger partial charge in [0.15, 0.2) is 0 Å². The SMILES string of the molecule is COc1cc(=O)n(-c2ccc(OC(F)(F)F)cc2)cc1-c1cnn(C)c1. The van der Waals surface area contributed by atoms with Gasteiger partial charge in [0.05, 0.1) is 13.3 Å². The standard InChI is InChI=1S/C17H14F3N3O3/c1-22-9-11(8-21-22)14-10-23(16(24)7-15(14)25-2)12-3-5-13(6-4-12)26-17(18,19)20/h3-10H,1-2H3. The molecule has 0 bridgehead atoms. The molecule has 0 radical (unpaired) electrons. The minimum atomic E-state index is -4.77. The number of methoxy groups -OCH3 is 1. The summed E-state index contributed by atoms with van der Waals surface area (Å²) in [6.07, 6.45) is 0.156. The van der Waals surface area contributed by atoms with Crippen LogP contribution in [0.25, 0.3) is 16.8 Å². The largest absolute Gasteiger partial charge is 0.573 e. The Morgan fingerprint density at radius 3 is 2.35 bits per heavy atom. The van der Waals surface area contributed by atoms with Crippen LogP contribution in [0, 0.1) is 0 Å². The molecule has 0 saturated carbocycles. The molecule has 136 valence electrons. The Morgan fingerprint density at radius 1 is 1.12 bits per heavy atom. The summed E-state index contributed by atoms with van der Waals surface area (Å²) < 4.78 is 48.8. The van der Waals surface area contributed by atoms with E-state index in [1.54, 1.807) is 30.3 Å². The van der Waals surface area contributed by atoms with Gasteiger partial charge in [0.2, 0.25) is 0 Å². The Labute approximate surface area is 146 Å². The third-order valence-electron chi connectivity index (χ3n) is 3.60. The fourth-order valence-corrected chi connectivity index (χ4v) is 2.47. The first kappa shape index (κ1) is 17.6. The van der Waals surface area contributed by atoms with E-state index >= 15 is 0 Å². The average molecular weight is 365 g/mol. The normalized spacial score (nSPS) is 11.4. The molecule has 3 aromatic rings. The minimum Gasteiger partial charge on any atom is -0.496 e. The molecule has 3 rings (SSSR count). The van der Waals surface area contributed by atoms with Gasteiger partial charge in [-0.15, -0.1) is 13.2 Å². The van der Waals surface area contributed by atoms with Crippen LogP contribution < -0.4 is 15.0 Å². The van der Waals surface area contributed by atoms with E-state index < -0.39 is 6.36 Å². The topological polar surface area (TPSA) is 58.3 Å². The lowest BCUT2D eigenvalue weighted by Crippen LogP contribution is -2.18. The molecule has 0 aliphatic rings. The van der Waals surface area contributed by atoms with Crippen LogP contribution in [0.3, 0.4) is 0 Å². The lowest BCUT2D eigenvalue weighted by molar-refractivity contribution is -0.274. The number of hydrogen-bond donors (Lipinski definition) is 0. The van der Waals surface area contributed by atoms with Gasteiger partial charge in [-0.25, -0.2) is 0 Å². The Kier molecular flexibility index (Phi) is 4.45. The summed E-state index contributed by atoms with van der Waals surface area (Å²) in [6, 6.07) is 6.32. The van der Waals surface area contributed by atoms with Crippen LogP contribution in [0.4, 0.5) is 13.2 Å². The molecule has 9 heteroatoms. The zero-order chi connectivity index (χ0) is 18.9. The third-order valence-corrected chi connectivity index (χ3v) is 3.60. The number of pyridine rings is 1. The predicted molar refractivity (Wildman–Crippen MR) is 87.5 cm³/mol. The highest BCUT2D eigenvalue weighted by Gasteiger charge is 2.31. The number of benzene rings is 1. The van der Waals surface area contributed by atoms with Gasteiger partial charge in [0, 0.05) is 42.3 Å². The lowest BCUT2D eigenvalue weighted by atomic mass is 10.1. The summed E-state index contributed by atoms with van der Waals surface area (Å²) in [6.45, 7) is 0. The van der Waals surface area contributed by atoms with E-state index in [1.807, 2.05) is 0 Å². The first-order valence-corrected chi connectivity index (χ1v) is 7.43. The van der Waals surface area contributed by atoms with E-state index in [0.717, 1.165) is 17.7 Å². The number of hydrogen-bond acceptors (Lipinski definition) is 4. The second-order valence-corrected chi connectivity index (χ2v) is 5.41. The molecule has 2 heterocycles. The second-order valence-electron chi connectivity index (χ2n) is 5.41. The average Bonchev–Trinajstić information content (AvgIpc) is 3.00. The number of aryl methyl sites for hydroxylation is 1.